The highest BCUT2D eigenvalue weighted by Gasteiger charge is 2.21. The molecule has 0 aromatic rings. The lowest BCUT2D eigenvalue weighted by atomic mass is 10.0. The maximum Gasteiger partial charge on any atom is 0.0757 e. The summed E-state index contributed by atoms with van der Waals surface area (Å²) in [7, 11) is 0. The first kappa shape index (κ1) is 5.83. The number of ether oxygens (including phenoxy) is 1. The SMILES string of the molecule is C=C1C(C)COC1C. The third-order valence-electron chi connectivity index (χ3n) is 1.75. The molecule has 0 spiro atoms. The van der Waals surface area contributed by atoms with E-state index in [0.717, 1.165) is 6.61 Å². The van der Waals surface area contributed by atoms with Crippen LogP contribution in [0.25, 0.3) is 0 Å². The van der Waals surface area contributed by atoms with Gasteiger partial charge >= 0.3 is 0 Å². The Hall–Kier alpha value is -0.300. The largest absolute Gasteiger partial charge is 0.374 e. The molecule has 1 rings (SSSR count). The normalized spacial score (nSPS) is 38.5. The molecule has 2 unspecified atom stereocenters. The summed E-state index contributed by atoms with van der Waals surface area (Å²) in [6, 6.07) is 0. The summed E-state index contributed by atoms with van der Waals surface area (Å²) in [6.45, 7) is 8.94. The Labute approximate surface area is 50.3 Å². The van der Waals surface area contributed by atoms with Crippen molar-refractivity contribution in [1.29, 1.82) is 0 Å². The highest BCUT2D eigenvalue weighted by atomic mass is 16.5. The Kier molecular flexibility index (Phi) is 1.39. The highest BCUT2D eigenvalue weighted by Crippen LogP contribution is 2.22. The summed E-state index contributed by atoms with van der Waals surface area (Å²) in [6.07, 6.45) is 0.296. The first-order chi connectivity index (χ1) is 3.72. The standard InChI is InChI=1S/C7H12O/c1-5-4-8-7(3)6(5)2/h5,7H,2,4H2,1,3H3. The van der Waals surface area contributed by atoms with Gasteiger partial charge in [0, 0.05) is 5.92 Å². The number of rotatable bonds is 0. The molecule has 0 aromatic heterocycles. The molecule has 1 aliphatic heterocycles. The van der Waals surface area contributed by atoms with Crippen LogP contribution < -0.4 is 0 Å². The molecule has 1 fully saturated rings. The van der Waals surface area contributed by atoms with Crippen molar-refractivity contribution in [2.24, 2.45) is 5.92 Å². The van der Waals surface area contributed by atoms with Gasteiger partial charge in [0.05, 0.1) is 12.7 Å². The van der Waals surface area contributed by atoms with Crippen molar-refractivity contribution >= 4 is 0 Å². The zero-order valence-corrected chi connectivity index (χ0v) is 5.48. The van der Waals surface area contributed by atoms with Crippen LogP contribution >= 0.6 is 0 Å². The van der Waals surface area contributed by atoms with Crippen LogP contribution in [-0.4, -0.2) is 12.7 Å². The van der Waals surface area contributed by atoms with E-state index in [4.69, 9.17) is 4.74 Å². The maximum absolute atomic E-state index is 5.28. The zero-order valence-electron chi connectivity index (χ0n) is 5.48. The number of hydrogen-bond donors (Lipinski definition) is 0. The van der Waals surface area contributed by atoms with E-state index in [1.54, 1.807) is 0 Å². The smallest absolute Gasteiger partial charge is 0.0757 e. The van der Waals surface area contributed by atoms with Crippen LogP contribution in [0.5, 0.6) is 0 Å². The summed E-state index contributed by atoms with van der Waals surface area (Å²) in [5.41, 5.74) is 1.24. The van der Waals surface area contributed by atoms with Crippen LogP contribution in [0.2, 0.25) is 0 Å². The molecule has 1 heterocycles. The summed E-state index contributed by atoms with van der Waals surface area (Å²) >= 11 is 0. The number of hydrogen-bond acceptors (Lipinski definition) is 1. The summed E-state index contributed by atoms with van der Waals surface area (Å²) in [5, 5.41) is 0. The van der Waals surface area contributed by atoms with Crippen molar-refractivity contribution < 1.29 is 4.74 Å². The molecule has 46 valence electrons. The van der Waals surface area contributed by atoms with Crippen LogP contribution in [0, 0.1) is 5.92 Å². The molecule has 0 N–H and O–H groups in total. The molecule has 0 aliphatic carbocycles. The minimum atomic E-state index is 0.296. The fraction of sp³-hybridized carbons (Fsp3) is 0.714. The Morgan fingerprint density at radius 3 is 2.38 bits per heavy atom. The lowest BCUT2D eigenvalue weighted by Crippen LogP contribution is -1.99. The lowest BCUT2D eigenvalue weighted by Gasteiger charge is -2.01. The zero-order chi connectivity index (χ0) is 6.15. The van der Waals surface area contributed by atoms with Gasteiger partial charge in [-0.25, -0.2) is 0 Å². The van der Waals surface area contributed by atoms with Crippen LogP contribution in [0.3, 0.4) is 0 Å². The topological polar surface area (TPSA) is 9.23 Å². The molecule has 1 saturated heterocycles. The molecule has 1 aliphatic rings. The average Bonchev–Trinajstić information content (AvgIpc) is 1.98. The average molecular weight is 112 g/mol. The molecular weight excluding hydrogens is 100 g/mol. The molecule has 0 amide bonds. The molecule has 1 nitrogen and oxygen atoms in total. The van der Waals surface area contributed by atoms with Crippen molar-refractivity contribution in [2.45, 2.75) is 20.0 Å². The van der Waals surface area contributed by atoms with Crippen molar-refractivity contribution in [3.63, 3.8) is 0 Å². The van der Waals surface area contributed by atoms with Crippen LogP contribution in [0.1, 0.15) is 13.8 Å². The van der Waals surface area contributed by atoms with Gasteiger partial charge < -0.3 is 4.74 Å². The monoisotopic (exact) mass is 112 g/mol. The van der Waals surface area contributed by atoms with E-state index in [1.807, 2.05) is 6.92 Å². The highest BCUT2D eigenvalue weighted by molar-refractivity contribution is 5.08. The van der Waals surface area contributed by atoms with E-state index in [2.05, 4.69) is 13.5 Å². The van der Waals surface area contributed by atoms with Crippen LogP contribution in [0.4, 0.5) is 0 Å². The fourth-order valence-corrected chi connectivity index (χ4v) is 0.903. The first-order valence-electron chi connectivity index (χ1n) is 3.02. The van der Waals surface area contributed by atoms with Gasteiger partial charge in [-0.2, -0.15) is 0 Å². The molecule has 0 aromatic carbocycles. The van der Waals surface area contributed by atoms with Crippen LogP contribution in [0.15, 0.2) is 12.2 Å². The Balaban J connectivity index is 2.57. The quantitative estimate of drug-likeness (QED) is 0.432. The molecule has 0 radical (unpaired) electrons. The van der Waals surface area contributed by atoms with E-state index in [1.165, 1.54) is 5.57 Å². The second-order valence-electron chi connectivity index (χ2n) is 2.45. The maximum atomic E-state index is 5.28. The summed E-state index contributed by atoms with van der Waals surface area (Å²) in [4.78, 5) is 0. The lowest BCUT2D eigenvalue weighted by molar-refractivity contribution is 0.130. The van der Waals surface area contributed by atoms with E-state index in [9.17, 15) is 0 Å². The molecule has 0 saturated carbocycles. The predicted octanol–water partition coefficient (Wildman–Crippen LogP) is 1.60. The summed E-state index contributed by atoms with van der Waals surface area (Å²) < 4.78 is 5.28. The van der Waals surface area contributed by atoms with Crippen molar-refractivity contribution in [3.05, 3.63) is 12.2 Å². The van der Waals surface area contributed by atoms with Gasteiger partial charge in [0.1, 0.15) is 0 Å². The first-order valence-corrected chi connectivity index (χ1v) is 3.02. The Bertz CT molecular complexity index is 95.0. The van der Waals surface area contributed by atoms with Crippen LogP contribution in [-0.2, 0) is 4.74 Å². The van der Waals surface area contributed by atoms with Gasteiger partial charge in [0.25, 0.3) is 0 Å². The van der Waals surface area contributed by atoms with Gasteiger partial charge in [0.15, 0.2) is 0 Å². The molecule has 0 bridgehead atoms. The van der Waals surface area contributed by atoms with Crippen molar-refractivity contribution in [3.8, 4) is 0 Å². The third-order valence-corrected chi connectivity index (χ3v) is 1.75. The van der Waals surface area contributed by atoms with E-state index in [-0.39, 0.29) is 0 Å². The van der Waals surface area contributed by atoms with Gasteiger partial charge in [0.2, 0.25) is 0 Å². The summed E-state index contributed by atoms with van der Waals surface area (Å²) in [5.74, 6) is 0.574. The second-order valence-corrected chi connectivity index (χ2v) is 2.45. The second kappa shape index (κ2) is 1.90. The van der Waals surface area contributed by atoms with Crippen molar-refractivity contribution in [1.82, 2.24) is 0 Å². The van der Waals surface area contributed by atoms with Gasteiger partial charge in [-0.3, -0.25) is 0 Å². The minimum absolute atomic E-state index is 0.296. The molecule has 8 heavy (non-hydrogen) atoms. The molecule has 2 atom stereocenters. The van der Waals surface area contributed by atoms with E-state index >= 15 is 0 Å². The molecular formula is C7H12O. The Morgan fingerprint density at radius 2 is 2.25 bits per heavy atom. The van der Waals surface area contributed by atoms with Gasteiger partial charge in [-0.15, -0.1) is 0 Å². The van der Waals surface area contributed by atoms with Gasteiger partial charge in [-0.1, -0.05) is 13.5 Å². The molecule has 1 heteroatoms. The fourth-order valence-electron chi connectivity index (χ4n) is 0.903. The third kappa shape index (κ3) is 0.781. The van der Waals surface area contributed by atoms with E-state index in [0.29, 0.717) is 12.0 Å². The minimum Gasteiger partial charge on any atom is -0.374 e. The van der Waals surface area contributed by atoms with E-state index < -0.39 is 0 Å². The van der Waals surface area contributed by atoms with Gasteiger partial charge in [-0.05, 0) is 12.5 Å². The predicted molar refractivity (Wildman–Crippen MR) is 33.7 cm³/mol. The Morgan fingerprint density at radius 1 is 1.62 bits per heavy atom. The van der Waals surface area contributed by atoms with Crippen molar-refractivity contribution in [2.75, 3.05) is 6.61 Å².